The molecule has 0 spiro atoms. The van der Waals surface area contributed by atoms with Crippen LogP contribution in [0.25, 0.3) is 0 Å². The number of rotatable bonds is 9. The number of hydrogen-bond donors (Lipinski definition) is 2. The Morgan fingerprint density at radius 2 is 2.00 bits per heavy atom. The molecule has 0 radical (unpaired) electrons. The fourth-order valence-corrected chi connectivity index (χ4v) is 3.90. The number of halogens is 2. The largest absolute Gasteiger partial charge is 0.433 e. The summed E-state index contributed by atoms with van der Waals surface area (Å²) in [5, 5.41) is 2.71. The molecule has 4 rings (SSSR count). The highest BCUT2D eigenvalue weighted by Gasteiger charge is 2.44. The number of anilines is 2. The highest BCUT2D eigenvalue weighted by atomic mass is 19.3. The molecule has 30 heavy (non-hydrogen) atoms. The third-order valence-electron chi connectivity index (χ3n) is 5.56. The van der Waals surface area contributed by atoms with Gasteiger partial charge in [-0.05, 0) is 37.8 Å². The van der Waals surface area contributed by atoms with Crippen LogP contribution in [0.5, 0.6) is 5.75 Å². The van der Waals surface area contributed by atoms with Crippen LogP contribution in [0.15, 0.2) is 18.2 Å². The molecule has 0 bridgehead atoms. The van der Waals surface area contributed by atoms with Crippen LogP contribution >= 0.6 is 0 Å². The zero-order valence-electron chi connectivity index (χ0n) is 16.6. The third-order valence-corrected chi connectivity index (χ3v) is 5.56. The number of alkyl halides is 2. The number of hydrogen-bond acceptors (Lipinski definition) is 6. The fraction of sp³-hybridized carbons (Fsp3) is 0.600. The molecule has 2 aliphatic carbocycles. The summed E-state index contributed by atoms with van der Waals surface area (Å²) in [5.41, 5.74) is 6.43. The first-order chi connectivity index (χ1) is 14.5. The van der Waals surface area contributed by atoms with Gasteiger partial charge < -0.3 is 25.4 Å². The quantitative estimate of drug-likeness (QED) is 0.624. The number of nitrogens with zero attached hydrogens (tertiary/aromatic N) is 2. The number of ether oxygens (including phenoxy) is 2. The summed E-state index contributed by atoms with van der Waals surface area (Å²) < 4.78 is 35.8. The smallest absolute Gasteiger partial charge is 0.387 e. The van der Waals surface area contributed by atoms with Crippen molar-refractivity contribution in [2.24, 2.45) is 5.73 Å². The Balaban J connectivity index is 1.54. The first-order valence-electron chi connectivity index (χ1n) is 10.2. The van der Waals surface area contributed by atoms with E-state index < -0.39 is 12.7 Å². The van der Waals surface area contributed by atoms with Gasteiger partial charge in [0, 0.05) is 36.9 Å². The van der Waals surface area contributed by atoms with Gasteiger partial charge in [-0.25, -0.2) is 0 Å². The predicted molar refractivity (Wildman–Crippen MR) is 106 cm³/mol. The van der Waals surface area contributed by atoms with Crippen LogP contribution in [0.2, 0.25) is 0 Å². The van der Waals surface area contributed by atoms with Crippen LogP contribution in [0.4, 0.5) is 20.2 Å². The molecule has 1 aromatic rings. The molecule has 1 heterocycles. The average Bonchev–Trinajstić information content (AvgIpc) is 3.62. The summed E-state index contributed by atoms with van der Waals surface area (Å²) in [4.78, 5) is 28.6. The average molecular weight is 424 g/mol. The van der Waals surface area contributed by atoms with Crippen LogP contribution in [0, 0.1) is 0 Å². The zero-order valence-corrected chi connectivity index (χ0v) is 16.6. The summed E-state index contributed by atoms with van der Waals surface area (Å²) in [6.07, 6.45) is 4.18. The van der Waals surface area contributed by atoms with Gasteiger partial charge >= 0.3 is 6.61 Å². The van der Waals surface area contributed by atoms with Gasteiger partial charge in [0.2, 0.25) is 5.91 Å². The first kappa shape index (κ1) is 21.0. The minimum atomic E-state index is -3.07. The van der Waals surface area contributed by atoms with E-state index in [1.807, 2.05) is 0 Å². The van der Waals surface area contributed by atoms with Crippen molar-refractivity contribution in [1.82, 2.24) is 4.90 Å². The molecule has 3 N–H and O–H groups in total. The van der Waals surface area contributed by atoms with Crippen molar-refractivity contribution in [3.63, 3.8) is 0 Å². The normalized spacial score (nSPS) is 20.6. The molecule has 0 aromatic heterocycles. The lowest BCUT2D eigenvalue weighted by Crippen LogP contribution is -2.50. The van der Waals surface area contributed by atoms with Crippen molar-refractivity contribution in [2.45, 2.75) is 50.4 Å². The molecule has 164 valence electrons. The maximum atomic E-state index is 13.0. The van der Waals surface area contributed by atoms with Crippen molar-refractivity contribution in [2.75, 3.05) is 36.5 Å². The lowest BCUT2D eigenvalue weighted by Gasteiger charge is -2.30. The molecule has 1 aromatic carbocycles. The Morgan fingerprint density at radius 1 is 1.30 bits per heavy atom. The standard InChI is InChI=1S/C20H26F2N4O4/c21-20(22)30-17-9-14(25-7-8-29-11-18(25)27)5-6-15(17)24-19(28)16(10-23)26(12-1-2-12)13-3-4-13/h5-6,9,12-13,16,20H,1-4,7-8,10-11,23H2,(H,24,28)/t16-/m0/s1. The van der Waals surface area contributed by atoms with E-state index in [9.17, 15) is 18.4 Å². The Morgan fingerprint density at radius 3 is 2.57 bits per heavy atom. The SMILES string of the molecule is NC[C@@H](C(=O)Nc1ccc(N2CCOCC2=O)cc1OC(F)F)N(C1CC1)C1CC1. The Hall–Kier alpha value is -2.30. The van der Waals surface area contributed by atoms with E-state index in [-0.39, 0.29) is 36.4 Å². The van der Waals surface area contributed by atoms with Gasteiger partial charge in [0.25, 0.3) is 5.91 Å². The second-order valence-electron chi connectivity index (χ2n) is 7.81. The molecular formula is C20H26F2N4O4. The Labute approximate surface area is 173 Å². The summed E-state index contributed by atoms with van der Waals surface area (Å²) in [7, 11) is 0. The molecule has 1 saturated heterocycles. The van der Waals surface area contributed by atoms with E-state index in [4.69, 9.17) is 10.5 Å². The monoisotopic (exact) mass is 424 g/mol. The lowest BCUT2D eigenvalue weighted by atomic mass is 10.1. The van der Waals surface area contributed by atoms with Gasteiger partial charge in [-0.1, -0.05) is 0 Å². The van der Waals surface area contributed by atoms with Crippen molar-refractivity contribution < 1.29 is 27.8 Å². The van der Waals surface area contributed by atoms with Crippen molar-refractivity contribution in [3.05, 3.63) is 18.2 Å². The van der Waals surface area contributed by atoms with Crippen molar-refractivity contribution >= 4 is 23.2 Å². The van der Waals surface area contributed by atoms with E-state index in [1.165, 1.54) is 17.0 Å². The summed E-state index contributed by atoms with van der Waals surface area (Å²) in [5.74, 6) is -0.811. The lowest BCUT2D eigenvalue weighted by molar-refractivity contribution is -0.125. The summed E-state index contributed by atoms with van der Waals surface area (Å²) >= 11 is 0. The molecule has 10 heteroatoms. The topological polar surface area (TPSA) is 97.1 Å². The van der Waals surface area contributed by atoms with Gasteiger partial charge in [0.1, 0.15) is 12.6 Å². The van der Waals surface area contributed by atoms with Crippen molar-refractivity contribution in [3.8, 4) is 5.75 Å². The molecule has 1 atom stereocenters. The zero-order chi connectivity index (χ0) is 21.3. The van der Waals surface area contributed by atoms with Crippen LogP contribution in [0.1, 0.15) is 25.7 Å². The van der Waals surface area contributed by atoms with Gasteiger partial charge in [-0.3, -0.25) is 14.5 Å². The molecule has 8 nitrogen and oxygen atoms in total. The maximum Gasteiger partial charge on any atom is 0.387 e. The van der Waals surface area contributed by atoms with E-state index in [1.54, 1.807) is 6.07 Å². The van der Waals surface area contributed by atoms with Gasteiger partial charge in [0.05, 0.1) is 12.3 Å². The predicted octanol–water partition coefficient (Wildman–Crippen LogP) is 1.54. The highest BCUT2D eigenvalue weighted by molar-refractivity contribution is 5.98. The van der Waals surface area contributed by atoms with Gasteiger partial charge in [-0.2, -0.15) is 8.78 Å². The number of carbonyl (C=O) groups is 2. The van der Waals surface area contributed by atoms with Gasteiger partial charge in [-0.15, -0.1) is 0 Å². The van der Waals surface area contributed by atoms with Crippen LogP contribution in [-0.2, 0) is 14.3 Å². The third kappa shape index (κ3) is 4.71. The molecule has 3 aliphatic rings. The Bertz CT molecular complexity index is 789. The van der Waals surface area contributed by atoms with Crippen molar-refractivity contribution in [1.29, 1.82) is 0 Å². The first-order valence-corrected chi connectivity index (χ1v) is 10.2. The number of nitrogens with one attached hydrogen (secondary N) is 1. The van der Waals surface area contributed by atoms with E-state index in [2.05, 4.69) is 15.0 Å². The van der Waals surface area contributed by atoms with E-state index in [0.717, 1.165) is 25.7 Å². The molecule has 0 unspecified atom stereocenters. The van der Waals surface area contributed by atoms with Crippen LogP contribution < -0.4 is 20.7 Å². The number of benzene rings is 1. The maximum absolute atomic E-state index is 13.0. The van der Waals surface area contributed by atoms with E-state index in [0.29, 0.717) is 30.9 Å². The number of nitrogens with two attached hydrogens (primary N) is 1. The highest BCUT2D eigenvalue weighted by Crippen LogP contribution is 2.39. The molecular weight excluding hydrogens is 398 g/mol. The second-order valence-corrected chi connectivity index (χ2v) is 7.81. The van der Waals surface area contributed by atoms with Gasteiger partial charge in [0.15, 0.2) is 5.75 Å². The molecule has 3 fully saturated rings. The number of morpholine rings is 1. The molecule has 1 aliphatic heterocycles. The molecule has 2 amide bonds. The van der Waals surface area contributed by atoms with E-state index >= 15 is 0 Å². The van der Waals surface area contributed by atoms with Crippen LogP contribution in [0.3, 0.4) is 0 Å². The summed E-state index contributed by atoms with van der Waals surface area (Å²) in [6, 6.07) is 4.60. The number of carbonyl (C=O) groups excluding carboxylic acids is 2. The summed E-state index contributed by atoms with van der Waals surface area (Å²) in [6.45, 7) is -2.34. The second kappa shape index (κ2) is 8.83. The minimum Gasteiger partial charge on any atom is -0.433 e. The number of amides is 2. The minimum absolute atomic E-state index is 0.0696. The van der Waals surface area contributed by atoms with Crippen LogP contribution in [-0.4, -0.2) is 67.8 Å². The Kier molecular flexibility index (Phi) is 6.16. The fourth-order valence-electron chi connectivity index (χ4n) is 3.90. The molecule has 2 saturated carbocycles.